The van der Waals surface area contributed by atoms with Gasteiger partial charge in [-0.25, -0.2) is 0 Å². The summed E-state index contributed by atoms with van der Waals surface area (Å²) >= 11 is 6.20. The van der Waals surface area contributed by atoms with Crippen molar-refractivity contribution in [3.63, 3.8) is 0 Å². The molecular weight excluding hydrogens is 382 g/mol. The minimum Gasteiger partial charge on any atom is -0.506 e. The zero-order valence-electron chi connectivity index (χ0n) is 16.8. The van der Waals surface area contributed by atoms with E-state index < -0.39 is 0 Å². The second-order valence-electron chi connectivity index (χ2n) is 6.72. The van der Waals surface area contributed by atoms with E-state index in [1.165, 1.54) is 5.57 Å². The lowest BCUT2D eigenvalue weighted by atomic mass is 9.88. The fourth-order valence-electron chi connectivity index (χ4n) is 3.33. The van der Waals surface area contributed by atoms with Gasteiger partial charge in [0, 0.05) is 6.54 Å². The number of hydrogen-bond donors (Lipinski definition) is 2. The number of phenolic OH excluding ortho intramolecular Hbond substituents is 1. The Bertz CT molecular complexity index is 966. The summed E-state index contributed by atoms with van der Waals surface area (Å²) in [6.45, 7) is 3.57. The molecule has 0 unspecified atom stereocenters. The van der Waals surface area contributed by atoms with Gasteiger partial charge in [0.2, 0.25) is 0 Å². The highest BCUT2D eigenvalue weighted by atomic mass is 35.5. The second kappa shape index (κ2) is 10.1. The number of benzene rings is 3. The van der Waals surface area contributed by atoms with Crippen molar-refractivity contribution >= 4 is 22.7 Å². The molecule has 3 aromatic carbocycles. The molecule has 0 fully saturated rings. The Balaban J connectivity index is 2.09. The Labute approximate surface area is 177 Å². The van der Waals surface area contributed by atoms with Crippen LogP contribution < -0.4 is 10.1 Å². The van der Waals surface area contributed by atoms with Crippen LogP contribution in [0.4, 0.5) is 0 Å². The van der Waals surface area contributed by atoms with Crippen LogP contribution in [0.15, 0.2) is 72.8 Å². The number of nitrogens with one attached hydrogen (secondary N) is 1. The van der Waals surface area contributed by atoms with Gasteiger partial charge in [-0.05, 0) is 65.6 Å². The number of likely N-dealkylation sites (N-methyl/N-ethyl adjacent to an activating group) is 1. The lowest BCUT2D eigenvalue weighted by Gasteiger charge is -2.17. The Kier molecular flexibility index (Phi) is 7.34. The van der Waals surface area contributed by atoms with E-state index in [0.29, 0.717) is 11.6 Å². The molecule has 0 spiro atoms. The van der Waals surface area contributed by atoms with Crippen LogP contribution in [0.1, 0.15) is 30.0 Å². The number of aromatic hydroxyl groups is 1. The fourth-order valence-corrected chi connectivity index (χ4v) is 3.51. The van der Waals surface area contributed by atoms with E-state index in [2.05, 4.69) is 36.5 Å². The van der Waals surface area contributed by atoms with Gasteiger partial charge in [0.15, 0.2) is 0 Å². The SMILES string of the molecule is CC/C(=C(\c1ccccc1)c1ccc(OCCNC)cc1)c1ccc(O)c(Cl)c1. The molecule has 4 heteroatoms. The van der Waals surface area contributed by atoms with Crippen molar-refractivity contribution in [1.29, 1.82) is 0 Å². The first-order chi connectivity index (χ1) is 14.1. The second-order valence-corrected chi connectivity index (χ2v) is 7.12. The monoisotopic (exact) mass is 407 g/mol. The third-order valence-electron chi connectivity index (χ3n) is 4.78. The lowest BCUT2D eigenvalue weighted by Crippen LogP contribution is -2.15. The normalized spacial score (nSPS) is 11.8. The molecule has 0 aliphatic heterocycles. The molecule has 0 saturated carbocycles. The molecule has 0 saturated heterocycles. The average molecular weight is 408 g/mol. The molecule has 3 nitrogen and oxygen atoms in total. The van der Waals surface area contributed by atoms with E-state index in [1.807, 2.05) is 49.5 Å². The predicted molar refractivity (Wildman–Crippen MR) is 122 cm³/mol. The van der Waals surface area contributed by atoms with Crippen molar-refractivity contribution in [2.75, 3.05) is 20.2 Å². The quantitative estimate of drug-likeness (QED) is 0.354. The van der Waals surface area contributed by atoms with Crippen molar-refractivity contribution < 1.29 is 9.84 Å². The molecular formula is C25H26ClNO2. The van der Waals surface area contributed by atoms with E-state index in [0.717, 1.165) is 41.0 Å². The third kappa shape index (κ3) is 5.20. The maximum Gasteiger partial charge on any atom is 0.134 e. The average Bonchev–Trinajstić information content (AvgIpc) is 2.75. The van der Waals surface area contributed by atoms with Gasteiger partial charge in [0.05, 0.1) is 5.02 Å². The molecule has 0 amide bonds. The molecule has 3 rings (SSSR count). The highest BCUT2D eigenvalue weighted by Crippen LogP contribution is 2.37. The van der Waals surface area contributed by atoms with E-state index in [-0.39, 0.29) is 5.75 Å². The van der Waals surface area contributed by atoms with Crippen LogP contribution in [-0.2, 0) is 0 Å². The van der Waals surface area contributed by atoms with E-state index >= 15 is 0 Å². The molecule has 0 radical (unpaired) electrons. The van der Waals surface area contributed by atoms with Crippen molar-refractivity contribution in [2.24, 2.45) is 0 Å². The van der Waals surface area contributed by atoms with E-state index in [1.54, 1.807) is 6.07 Å². The molecule has 2 N–H and O–H groups in total. The smallest absolute Gasteiger partial charge is 0.134 e. The number of hydrogen-bond acceptors (Lipinski definition) is 3. The van der Waals surface area contributed by atoms with Gasteiger partial charge < -0.3 is 15.2 Å². The summed E-state index contributed by atoms with van der Waals surface area (Å²) in [7, 11) is 1.91. The summed E-state index contributed by atoms with van der Waals surface area (Å²) in [5, 5.41) is 13.3. The standard InChI is InChI=1S/C25H26ClNO2/c1-3-22(20-11-14-24(28)23(26)17-20)25(18-7-5-4-6-8-18)19-9-12-21(13-10-19)29-16-15-27-2/h4-14,17,27-28H,3,15-16H2,1-2H3/b25-22-. The van der Waals surface area contributed by atoms with Gasteiger partial charge in [0.1, 0.15) is 18.1 Å². The maximum atomic E-state index is 9.82. The van der Waals surface area contributed by atoms with Gasteiger partial charge in [0.25, 0.3) is 0 Å². The number of halogens is 1. The fraction of sp³-hybridized carbons (Fsp3) is 0.200. The topological polar surface area (TPSA) is 41.5 Å². The zero-order valence-corrected chi connectivity index (χ0v) is 17.5. The van der Waals surface area contributed by atoms with Gasteiger partial charge >= 0.3 is 0 Å². The molecule has 29 heavy (non-hydrogen) atoms. The van der Waals surface area contributed by atoms with Gasteiger partial charge in [-0.15, -0.1) is 0 Å². The molecule has 0 bridgehead atoms. The first kappa shape index (κ1) is 21.0. The Morgan fingerprint density at radius 3 is 2.21 bits per heavy atom. The van der Waals surface area contributed by atoms with Crippen molar-refractivity contribution in [3.8, 4) is 11.5 Å². The third-order valence-corrected chi connectivity index (χ3v) is 5.08. The number of rotatable bonds is 8. The molecule has 3 aromatic rings. The summed E-state index contributed by atoms with van der Waals surface area (Å²) in [6, 6.07) is 23.9. The van der Waals surface area contributed by atoms with Crippen LogP contribution in [0.2, 0.25) is 5.02 Å². The van der Waals surface area contributed by atoms with Gasteiger partial charge in [-0.3, -0.25) is 0 Å². The van der Waals surface area contributed by atoms with Crippen molar-refractivity contribution in [1.82, 2.24) is 5.32 Å². The number of allylic oxidation sites excluding steroid dienone is 1. The molecule has 150 valence electrons. The predicted octanol–water partition coefficient (Wildman–Crippen LogP) is 6.01. The molecule has 0 atom stereocenters. The number of phenols is 1. The summed E-state index contributed by atoms with van der Waals surface area (Å²) in [4.78, 5) is 0. The van der Waals surface area contributed by atoms with E-state index in [4.69, 9.17) is 16.3 Å². The van der Waals surface area contributed by atoms with Gasteiger partial charge in [-0.2, -0.15) is 0 Å². The molecule has 0 heterocycles. The summed E-state index contributed by atoms with van der Waals surface area (Å²) in [6.07, 6.45) is 0.825. The summed E-state index contributed by atoms with van der Waals surface area (Å²) in [5.41, 5.74) is 5.57. The Morgan fingerprint density at radius 2 is 1.59 bits per heavy atom. The highest BCUT2D eigenvalue weighted by molar-refractivity contribution is 6.32. The minimum atomic E-state index is 0.0928. The minimum absolute atomic E-state index is 0.0928. The largest absolute Gasteiger partial charge is 0.506 e. The zero-order chi connectivity index (χ0) is 20.6. The Morgan fingerprint density at radius 1 is 0.931 bits per heavy atom. The van der Waals surface area contributed by atoms with Crippen LogP contribution in [-0.4, -0.2) is 25.3 Å². The maximum absolute atomic E-state index is 9.82. The van der Waals surface area contributed by atoms with Gasteiger partial charge in [-0.1, -0.05) is 67.1 Å². The van der Waals surface area contributed by atoms with Crippen LogP contribution in [0.5, 0.6) is 11.5 Å². The van der Waals surface area contributed by atoms with E-state index in [9.17, 15) is 5.11 Å². The molecule has 0 aliphatic rings. The van der Waals surface area contributed by atoms with Crippen LogP contribution >= 0.6 is 11.6 Å². The van der Waals surface area contributed by atoms with Crippen molar-refractivity contribution in [2.45, 2.75) is 13.3 Å². The van der Waals surface area contributed by atoms with Crippen LogP contribution in [0, 0.1) is 0 Å². The first-order valence-electron chi connectivity index (χ1n) is 9.79. The van der Waals surface area contributed by atoms with Crippen LogP contribution in [0.3, 0.4) is 0 Å². The van der Waals surface area contributed by atoms with Crippen LogP contribution in [0.25, 0.3) is 11.1 Å². The highest BCUT2D eigenvalue weighted by Gasteiger charge is 2.14. The molecule has 0 aliphatic carbocycles. The Hall–Kier alpha value is -2.75. The summed E-state index contributed by atoms with van der Waals surface area (Å²) in [5.74, 6) is 0.942. The molecule has 0 aromatic heterocycles. The lowest BCUT2D eigenvalue weighted by molar-refractivity contribution is 0.318. The first-order valence-corrected chi connectivity index (χ1v) is 10.2. The number of ether oxygens (including phenoxy) is 1. The summed E-state index contributed by atoms with van der Waals surface area (Å²) < 4.78 is 5.76. The van der Waals surface area contributed by atoms with Crippen molar-refractivity contribution in [3.05, 3.63) is 94.5 Å².